The van der Waals surface area contributed by atoms with E-state index in [1.54, 1.807) is 11.0 Å². The fourth-order valence-corrected chi connectivity index (χ4v) is 2.63. The van der Waals surface area contributed by atoms with Crippen molar-refractivity contribution in [3.63, 3.8) is 0 Å². The van der Waals surface area contributed by atoms with Crippen molar-refractivity contribution >= 4 is 18.5 Å². The van der Waals surface area contributed by atoms with E-state index in [1.807, 2.05) is 25.1 Å². The quantitative estimate of drug-likeness (QED) is 0.813. The largest absolute Gasteiger partial charge is 0.359 e. The summed E-state index contributed by atoms with van der Waals surface area (Å²) < 4.78 is 5.27. The third-order valence-electron chi connectivity index (χ3n) is 3.45. The zero-order valence-electron chi connectivity index (χ0n) is 10.6. The third kappa shape index (κ3) is 2.14. The Balaban J connectivity index is 1.86. The topological polar surface area (TPSA) is 46.3 Å². The Morgan fingerprint density at radius 3 is 3.00 bits per heavy atom. The van der Waals surface area contributed by atoms with E-state index >= 15 is 0 Å². The molecule has 4 nitrogen and oxygen atoms in total. The predicted octanol–water partition coefficient (Wildman–Crippen LogP) is 2.47. The van der Waals surface area contributed by atoms with Gasteiger partial charge in [-0.05, 0) is 25.5 Å². The molecule has 1 aliphatic heterocycles. The van der Waals surface area contributed by atoms with E-state index in [4.69, 9.17) is 4.52 Å². The van der Waals surface area contributed by atoms with Crippen LogP contribution in [-0.4, -0.2) is 22.5 Å². The molecule has 19 heavy (non-hydrogen) atoms. The van der Waals surface area contributed by atoms with E-state index in [-0.39, 0.29) is 5.91 Å². The van der Waals surface area contributed by atoms with Crippen LogP contribution in [0.15, 0.2) is 33.7 Å². The molecule has 0 N–H and O–H groups in total. The number of rotatable bonds is 1. The van der Waals surface area contributed by atoms with Crippen LogP contribution in [0.1, 0.15) is 27.4 Å². The van der Waals surface area contributed by atoms with Crippen molar-refractivity contribution in [2.75, 3.05) is 6.54 Å². The molecule has 0 saturated heterocycles. The Bertz CT molecular complexity index is 636. The van der Waals surface area contributed by atoms with E-state index < -0.39 is 0 Å². The third-order valence-corrected chi connectivity index (χ3v) is 3.84. The summed E-state index contributed by atoms with van der Waals surface area (Å²) in [5.41, 5.74) is 2.70. The highest BCUT2D eigenvalue weighted by atomic mass is 32.1. The highest BCUT2D eigenvalue weighted by Crippen LogP contribution is 2.24. The number of carbonyl (C=O) groups excluding carboxylic acids is 1. The van der Waals surface area contributed by atoms with Gasteiger partial charge in [-0.2, -0.15) is 0 Å². The van der Waals surface area contributed by atoms with Crippen molar-refractivity contribution in [2.45, 2.75) is 24.8 Å². The van der Waals surface area contributed by atoms with Crippen LogP contribution >= 0.6 is 12.6 Å². The van der Waals surface area contributed by atoms with Gasteiger partial charge in [0.2, 0.25) is 0 Å². The lowest BCUT2D eigenvalue weighted by Crippen LogP contribution is -2.35. The number of aromatic nitrogens is 1. The molecule has 1 aromatic heterocycles. The van der Waals surface area contributed by atoms with Crippen molar-refractivity contribution in [1.29, 1.82) is 0 Å². The number of aryl methyl sites for hydroxylation is 1. The first-order chi connectivity index (χ1) is 9.16. The molecule has 1 aromatic carbocycles. The summed E-state index contributed by atoms with van der Waals surface area (Å²) >= 11 is 4.33. The molecule has 0 spiro atoms. The minimum Gasteiger partial charge on any atom is -0.359 e. The molecule has 1 amide bonds. The van der Waals surface area contributed by atoms with Gasteiger partial charge in [0.1, 0.15) is 0 Å². The maximum Gasteiger partial charge on any atom is 0.255 e. The smallest absolute Gasteiger partial charge is 0.255 e. The van der Waals surface area contributed by atoms with Gasteiger partial charge in [0.25, 0.3) is 5.91 Å². The maximum atomic E-state index is 12.5. The fraction of sp³-hybridized carbons (Fsp3) is 0.286. The van der Waals surface area contributed by atoms with Crippen LogP contribution < -0.4 is 0 Å². The SMILES string of the molecule is Cc1noc2c1CCN(C(=O)c1ccccc1S)C2. The Hall–Kier alpha value is -1.75. The lowest BCUT2D eigenvalue weighted by atomic mass is 10.0. The Morgan fingerprint density at radius 2 is 2.21 bits per heavy atom. The summed E-state index contributed by atoms with van der Waals surface area (Å²) in [5.74, 6) is 0.791. The minimum atomic E-state index is -0.00898. The molecule has 0 radical (unpaired) electrons. The van der Waals surface area contributed by atoms with Crippen molar-refractivity contribution in [3.05, 3.63) is 46.8 Å². The fourth-order valence-electron chi connectivity index (χ4n) is 2.38. The number of fused-ring (bicyclic) bond motifs is 1. The van der Waals surface area contributed by atoms with Crippen molar-refractivity contribution in [3.8, 4) is 0 Å². The number of hydrogen-bond acceptors (Lipinski definition) is 4. The van der Waals surface area contributed by atoms with E-state index in [0.29, 0.717) is 23.5 Å². The minimum absolute atomic E-state index is 0.00898. The summed E-state index contributed by atoms with van der Waals surface area (Å²) in [4.78, 5) is 14.9. The molecule has 0 unspecified atom stereocenters. The van der Waals surface area contributed by atoms with Crippen LogP contribution in [0.3, 0.4) is 0 Å². The van der Waals surface area contributed by atoms with E-state index in [0.717, 1.165) is 23.4 Å². The van der Waals surface area contributed by atoms with Gasteiger partial charge in [-0.15, -0.1) is 12.6 Å². The first-order valence-corrected chi connectivity index (χ1v) is 6.63. The van der Waals surface area contributed by atoms with Gasteiger partial charge < -0.3 is 9.42 Å². The summed E-state index contributed by atoms with van der Waals surface area (Å²) in [7, 11) is 0. The monoisotopic (exact) mass is 274 g/mol. The highest BCUT2D eigenvalue weighted by Gasteiger charge is 2.26. The number of carbonyl (C=O) groups is 1. The average Bonchev–Trinajstić information content (AvgIpc) is 2.80. The number of thiol groups is 1. The molecular formula is C14H14N2O2S. The second-order valence-corrected chi connectivity index (χ2v) is 5.15. The highest BCUT2D eigenvalue weighted by molar-refractivity contribution is 7.80. The predicted molar refractivity (Wildman–Crippen MR) is 73.4 cm³/mol. The van der Waals surface area contributed by atoms with E-state index in [1.165, 1.54) is 0 Å². The lowest BCUT2D eigenvalue weighted by molar-refractivity contribution is 0.0712. The molecule has 2 aromatic rings. The van der Waals surface area contributed by atoms with Gasteiger partial charge in [-0.3, -0.25) is 4.79 Å². The standard InChI is InChI=1S/C14H14N2O2S/c1-9-10-6-7-16(8-12(10)18-15-9)14(17)11-4-2-3-5-13(11)19/h2-5,19H,6-8H2,1H3. The second-order valence-electron chi connectivity index (χ2n) is 4.66. The zero-order valence-corrected chi connectivity index (χ0v) is 11.5. The molecule has 0 bridgehead atoms. The first kappa shape index (κ1) is 12.3. The van der Waals surface area contributed by atoms with Crippen molar-refractivity contribution in [1.82, 2.24) is 10.1 Å². The average molecular weight is 274 g/mol. The summed E-state index contributed by atoms with van der Waals surface area (Å²) in [5, 5.41) is 3.95. The number of hydrogen-bond donors (Lipinski definition) is 1. The van der Waals surface area contributed by atoms with Gasteiger partial charge in [-0.1, -0.05) is 17.3 Å². The molecule has 0 saturated carbocycles. The molecule has 5 heteroatoms. The number of amides is 1. The first-order valence-electron chi connectivity index (χ1n) is 6.18. The van der Waals surface area contributed by atoms with Crippen molar-refractivity contribution < 1.29 is 9.32 Å². The summed E-state index contributed by atoms with van der Waals surface area (Å²) in [6.07, 6.45) is 0.797. The Kier molecular flexibility index (Phi) is 3.06. The van der Waals surface area contributed by atoms with Crippen LogP contribution in [-0.2, 0) is 13.0 Å². The molecule has 0 aliphatic carbocycles. The Morgan fingerprint density at radius 1 is 1.42 bits per heavy atom. The normalized spacial score (nSPS) is 14.3. The van der Waals surface area contributed by atoms with Crippen LogP contribution in [0.25, 0.3) is 0 Å². The Labute approximate surface area is 116 Å². The molecule has 1 aliphatic rings. The molecule has 3 rings (SSSR count). The molecule has 98 valence electrons. The number of nitrogens with zero attached hydrogens (tertiary/aromatic N) is 2. The van der Waals surface area contributed by atoms with Crippen LogP contribution in [0, 0.1) is 6.92 Å². The van der Waals surface area contributed by atoms with E-state index in [2.05, 4.69) is 17.8 Å². The molecular weight excluding hydrogens is 260 g/mol. The lowest BCUT2D eigenvalue weighted by Gasteiger charge is -2.26. The van der Waals surface area contributed by atoms with Crippen LogP contribution in [0.2, 0.25) is 0 Å². The van der Waals surface area contributed by atoms with Gasteiger partial charge in [0.05, 0.1) is 17.8 Å². The van der Waals surface area contributed by atoms with Crippen LogP contribution in [0.4, 0.5) is 0 Å². The zero-order chi connectivity index (χ0) is 13.4. The van der Waals surface area contributed by atoms with Crippen molar-refractivity contribution in [2.24, 2.45) is 0 Å². The van der Waals surface area contributed by atoms with E-state index in [9.17, 15) is 4.79 Å². The molecule has 0 fully saturated rings. The summed E-state index contributed by atoms with van der Waals surface area (Å²) in [6.45, 7) is 3.11. The second kappa shape index (κ2) is 4.74. The molecule has 2 heterocycles. The van der Waals surface area contributed by atoms with Crippen LogP contribution in [0.5, 0.6) is 0 Å². The number of benzene rings is 1. The maximum absolute atomic E-state index is 12.5. The van der Waals surface area contributed by atoms with Gasteiger partial charge in [0, 0.05) is 17.0 Å². The van der Waals surface area contributed by atoms with Gasteiger partial charge >= 0.3 is 0 Å². The summed E-state index contributed by atoms with van der Waals surface area (Å²) in [6, 6.07) is 7.34. The van der Waals surface area contributed by atoms with Gasteiger partial charge in [0.15, 0.2) is 5.76 Å². The molecule has 0 atom stereocenters. The van der Waals surface area contributed by atoms with Gasteiger partial charge in [-0.25, -0.2) is 0 Å².